The number of carbonyl (C=O) groups excluding carboxylic acids is 1. The van der Waals surface area contributed by atoms with E-state index in [0.29, 0.717) is 11.6 Å². The van der Waals surface area contributed by atoms with Gasteiger partial charge in [-0.05, 0) is 43.0 Å². The Bertz CT molecular complexity index is 545. The van der Waals surface area contributed by atoms with E-state index in [4.69, 9.17) is 5.73 Å². The molecule has 1 saturated carbocycles. The van der Waals surface area contributed by atoms with E-state index in [1.807, 2.05) is 6.92 Å². The van der Waals surface area contributed by atoms with E-state index >= 15 is 0 Å². The first-order chi connectivity index (χ1) is 8.38. The van der Waals surface area contributed by atoms with Crippen LogP contribution in [-0.4, -0.2) is 14.3 Å². The van der Waals surface area contributed by atoms with Gasteiger partial charge in [0.2, 0.25) is 5.91 Å². The molecule has 0 aromatic heterocycles. The van der Waals surface area contributed by atoms with Crippen molar-refractivity contribution in [3.8, 4) is 0 Å². The standard InChI is InChI=1S/C12H16N2O3S/c1-8-6-9(7-8)12(15)14-18(16,17)11-4-2-10(13)3-5-11/h2-5,8-9H,6-7,13H2,1H3,(H,14,15). The fourth-order valence-corrected chi connectivity index (χ4v) is 3.08. The van der Waals surface area contributed by atoms with Crippen molar-refractivity contribution in [1.29, 1.82) is 0 Å². The van der Waals surface area contributed by atoms with E-state index in [2.05, 4.69) is 4.72 Å². The van der Waals surface area contributed by atoms with Crippen LogP contribution in [0.2, 0.25) is 0 Å². The van der Waals surface area contributed by atoms with E-state index in [9.17, 15) is 13.2 Å². The summed E-state index contributed by atoms with van der Waals surface area (Å²) in [6.45, 7) is 2.04. The van der Waals surface area contributed by atoms with Crippen molar-refractivity contribution in [2.24, 2.45) is 11.8 Å². The highest BCUT2D eigenvalue weighted by molar-refractivity contribution is 7.90. The summed E-state index contributed by atoms with van der Waals surface area (Å²) in [5, 5.41) is 0. The molecule has 0 atom stereocenters. The summed E-state index contributed by atoms with van der Waals surface area (Å²) in [4.78, 5) is 11.8. The Balaban J connectivity index is 2.07. The molecule has 0 unspecified atom stereocenters. The highest BCUT2D eigenvalue weighted by Crippen LogP contribution is 2.33. The number of hydrogen-bond acceptors (Lipinski definition) is 4. The minimum atomic E-state index is -3.77. The third-order valence-corrected chi connectivity index (χ3v) is 4.53. The van der Waals surface area contributed by atoms with Crippen molar-refractivity contribution in [3.05, 3.63) is 24.3 Å². The third-order valence-electron chi connectivity index (χ3n) is 3.17. The molecule has 1 aliphatic carbocycles. The summed E-state index contributed by atoms with van der Waals surface area (Å²) in [5.74, 6) is -0.0894. The van der Waals surface area contributed by atoms with Gasteiger partial charge in [0.15, 0.2) is 0 Å². The quantitative estimate of drug-likeness (QED) is 0.804. The van der Waals surface area contributed by atoms with E-state index < -0.39 is 15.9 Å². The van der Waals surface area contributed by atoms with E-state index in [-0.39, 0.29) is 10.8 Å². The van der Waals surface area contributed by atoms with Gasteiger partial charge >= 0.3 is 0 Å². The predicted molar refractivity (Wildman–Crippen MR) is 68.1 cm³/mol. The second-order valence-corrected chi connectivity index (χ2v) is 6.49. The van der Waals surface area contributed by atoms with Crippen LogP contribution < -0.4 is 10.5 Å². The average molecular weight is 268 g/mol. The van der Waals surface area contributed by atoms with Gasteiger partial charge in [0.25, 0.3) is 10.0 Å². The lowest BCUT2D eigenvalue weighted by Gasteiger charge is -2.31. The Morgan fingerprint density at radius 2 is 1.83 bits per heavy atom. The molecule has 1 amide bonds. The third kappa shape index (κ3) is 2.64. The van der Waals surface area contributed by atoms with Crippen molar-refractivity contribution >= 4 is 21.6 Å². The van der Waals surface area contributed by atoms with Crippen molar-refractivity contribution in [1.82, 2.24) is 4.72 Å². The molecule has 18 heavy (non-hydrogen) atoms. The molecule has 0 aliphatic heterocycles. The minimum absolute atomic E-state index is 0.0532. The van der Waals surface area contributed by atoms with Gasteiger partial charge in [-0.25, -0.2) is 13.1 Å². The zero-order chi connectivity index (χ0) is 13.3. The van der Waals surface area contributed by atoms with Crippen LogP contribution in [0.3, 0.4) is 0 Å². The van der Waals surface area contributed by atoms with Gasteiger partial charge in [-0.3, -0.25) is 4.79 Å². The number of sulfonamides is 1. The molecular weight excluding hydrogens is 252 g/mol. The van der Waals surface area contributed by atoms with E-state index in [0.717, 1.165) is 12.8 Å². The minimum Gasteiger partial charge on any atom is -0.399 e. The maximum Gasteiger partial charge on any atom is 0.264 e. The molecule has 0 spiro atoms. The van der Waals surface area contributed by atoms with Gasteiger partial charge in [0.05, 0.1) is 4.90 Å². The van der Waals surface area contributed by atoms with Crippen molar-refractivity contribution in [2.45, 2.75) is 24.7 Å². The Hall–Kier alpha value is -1.56. The summed E-state index contributed by atoms with van der Waals surface area (Å²) < 4.78 is 25.9. The number of nitrogen functional groups attached to an aromatic ring is 1. The van der Waals surface area contributed by atoms with E-state index in [1.54, 1.807) is 0 Å². The normalized spacial score (nSPS) is 23.2. The maximum atomic E-state index is 11.9. The largest absolute Gasteiger partial charge is 0.399 e. The van der Waals surface area contributed by atoms with Crippen molar-refractivity contribution < 1.29 is 13.2 Å². The second-order valence-electron chi connectivity index (χ2n) is 4.81. The van der Waals surface area contributed by atoms with Crippen LogP contribution >= 0.6 is 0 Å². The first-order valence-electron chi connectivity index (χ1n) is 5.80. The van der Waals surface area contributed by atoms with Crippen molar-refractivity contribution in [2.75, 3.05) is 5.73 Å². The zero-order valence-corrected chi connectivity index (χ0v) is 10.9. The van der Waals surface area contributed by atoms with E-state index in [1.165, 1.54) is 24.3 Å². The molecular formula is C12H16N2O3S. The van der Waals surface area contributed by atoms with Crippen LogP contribution in [0.15, 0.2) is 29.2 Å². The number of nitrogens with one attached hydrogen (secondary N) is 1. The molecule has 1 fully saturated rings. The van der Waals surface area contributed by atoms with Gasteiger partial charge < -0.3 is 5.73 Å². The summed E-state index contributed by atoms with van der Waals surface area (Å²) in [5.41, 5.74) is 5.96. The lowest BCUT2D eigenvalue weighted by atomic mass is 9.76. The highest BCUT2D eigenvalue weighted by Gasteiger charge is 2.33. The van der Waals surface area contributed by atoms with Gasteiger partial charge in [0, 0.05) is 11.6 Å². The molecule has 5 nitrogen and oxygen atoms in total. The smallest absolute Gasteiger partial charge is 0.264 e. The lowest BCUT2D eigenvalue weighted by molar-refractivity contribution is -0.126. The van der Waals surface area contributed by atoms with Gasteiger partial charge in [-0.15, -0.1) is 0 Å². The van der Waals surface area contributed by atoms with Gasteiger partial charge in [-0.1, -0.05) is 6.92 Å². The molecule has 1 aromatic carbocycles. The Morgan fingerprint density at radius 3 is 2.33 bits per heavy atom. The summed E-state index contributed by atoms with van der Waals surface area (Å²) in [7, 11) is -3.77. The summed E-state index contributed by atoms with van der Waals surface area (Å²) >= 11 is 0. The second kappa shape index (κ2) is 4.61. The Labute approximate surface area is 106 Å². The highest BCUT2D eigenvalue weighted by atomic mass is 32.2. The van der Waals surface area contributed by atoms with Crippen molar-refractivity contribution in [3.63, 3.8) is 0 Å². The fraction of sp³-hybridized carbons (Fsp3) is 0.417. The maximum absolute atomic E-state index is 11.9. The molecule has 0 heterocycles. The van der Waals surface area contributed by atoms with Gasteiger partial charge in [-0.2, -0.15) is 0 Å². The molecule has 2 rings (SSSR count). The molecule has 1 aromatic rings. The number of benzene rings is 1. The molecule has 3 N–H and O–H groups in total. The number of hydrogen-bond donors (Lipinski definition) is 2. The molecule has 0 radical (unpaired) electrons. The number of anilines is 1. The molecule has 0 bridgehead atoms. The molecule has 6 heteroatoms. The van der Waals surface area contributed by atoms with Crippen LogP contribution in [-0.2, 0) is 14.8 Å². The number of nitrogens with two attached hydrogens (primary N) is 1. The number of rotatable bonds is 3. The first-order valence-corrected chi connectivity index (χ1v) is 7.29. The monoisotopic (exact) mass is 268 g/mol. The zero-order valence-electron chi connectivity index (χ0n) is 10.1. The van der Waals surface area contributed by atoms with Crippen LogP contribution in [0.25, 0.3) is 0 Å². The SMILES string of the molecule is CC1CC(C(=O)NS(=O)(=O)c2ccc(N)cc2)C1. The summed E-state index contributed by atoms with van der Waals surface area (Å²) in [6.07, 6.45) is 1.51. The van der Waals surface area contributed by atoms with Gasteiger partial charge in [0.1, 0.15) is 0 Å². The summed E-state index contributed by atoms with van der Waals surface area (Å²) in [6, 6.07) is 5.75. The van der Waals surface area contributed by atoms with Crippen LogP contribution in [0, 0.1) is 11.8 Å². The van der Waals surface area contributed by atoms with Crippen LogP contribution in [0.1, 0.15) is 19.8 Å². The lowest BCUT2D eigenvalue weighted by Crippen LogP contribution is -2.40. The number of carbonyl (C=O) groups is 1. The number of amides is 1. The van der Waals surface area contributed by atoms with Crippen LogP contribution in [0.5, 0.6) is 0 Å². The average Bonchev–Trinajstić information content (AvgIpc) is 2.24. The Morgan fingerprint density at radius 1 is 1.28 bits per heavy atom. The Kier molecular flexibility index (Phi) is 3.30. The molecule has 0 saturated heterocycles. The predicted octanol–water partition coefficient (Wildman–Crippen LogP) is 1.12. The first kappa shape index (κ1) is 12.9. The molecule has 1 aliphatic rings. The molecule has 98 valence electrons. The van der Waals surface area contributed by atoms with Crippen LogP contribution in [0.4, 0.5) is 5.69 Å². The topological polar surface area (TPSA) is 89.3 Å². The fourth-order valence-electron chi connectivity index (χ4n) is 2.04.